The summed E-state index contributed by atoms with van der Waals surface area (Å²) in [6.07, 6.45) is 0.794. The Kier molecular flexibility index (Phi) is 8.15. The van der Waals surface area contributed by atoms with E-state index in [1.54, 1.807) is 54.7 Å². The lowest BCUT2D eigenvalue weighted by atomic mass is 10.00. The molecule has 0 radical (unpaired) electrons. The van der Waals surface area contributed by atoms with Crippen molar-refractivity contribution in [1.29, 1.82) is 0 Å². The molecule has 0 saturated carbocycles. The molecule has 0 saturated heterocycles. The molecule has 2 heterocycles. The number of hydrogen-bond donors (Lipinski definition) is 0. The Labute approximate surface area is 216 Å². The summed E-state index contributed by atoms with van der Waals surface area (Å²) in [5, 5.41) is 2.06. The molecule has 1 aliphatic rings. The zero-order valence-corrected chi connectivity index (χ0v) is 21.9. The van der Waals surface area contributed by atoms with E-state index < -0.39 is 0 Å². The van der Waals surface area contributed by atoms with E-state index in [4.69, 9.17) is 14.2 Å². The van der Waals surface area contributed by atoms with Crippen LogP contribution >= 0.6 is 11.3 Å². The van der Waals surface area contributed by atoms with Gasteiger partial charge in [0.1, 0.15) is 30.4 Å². The molecule has 4 rings (SSSR count). The zero-order valence-electron chi connectivity index (χ0n) is 21.1. The number of fused-ring (bicyclic) bond motifs is 1. The van der Waals surface area contributed by atoms with Crippen LogP contribution in [0, 0.1) is 0 Å². The summed E-state index contributed by atoms with van der Waals surface area (Å²) in [6.45, 7) is 4.74. The maximum atomic E-state index is 13.6. The molecule has 3 aromatic rings. The van der Waals surface area contributed by atoms with Crippen LogP contribution in [0.15, 0.2) is 60.0 Å². The van der Waals surface area contributed by atoms with Crippen molar-refractivity contribution in [3.63, 3.8) is 0 Å². The van der Waals surface area contributed by atoms with E-state index in [9.17, 15) is 9.59 Å². The van der Waals surface area contributed by atoms with Crippen LogP contribution in [0.2, 0.25) is 0 Å². The van der Waals surface area contributed by atoms with E-state index >= 15 is 0 Å². The molecule has 0 spiro atoms. The molecule has 0 N–H and O–H groups in total. The lowest BCUT2D eigenvalue weighted by Crippen LogP contribution is -2.49. The van der Waals surface area contributed by atoms with Gasteiger partial charge in [-0.05, 0) is 73.7 Å². The number of amides is 2. The summed E-state index contributed by atoms with van der Waals surface area (Å²) in [6, 6.07) is 16.1. The number of hydrogen-bond acceptors (Lipinski definition) is 6. The van der Waals surface area contributed by atoms with Crippen molar-refractivity contribution in [3.8, 4) is 17.2 Å². The number of carbonyl (C=O) groups is 2. The highest BCUT2D eigenvalue weighted by Crippen LogP contribution is 2.34. The molecule has 36 heavy (non-hydrogen) atoms. The van der Waals surface area contributed by atoms with Crippen molar-refractivity contribution in [3.05, 3.63) is 76.0 Å². The van der Waals surface area contributed by atoms with E-state index in [1.165, 1.54) is 4.88 Å². The van der Waals surface area contributed by atoms with Crippen LogP contribution in [0.5, 0.6) is 17.2 Å². The number of carbonyl (C=O) groups excluding carboxylic acids is 2. The highest BCUT2D eigenvalue weighted by atomic mass is 32.1. The molecular weight excluding hydrogens is 476 g/mol. The highest BCUT2D eigenvalue weighted by molar-refractivity contribution is 7.10. The van der Waals surface area contributed by atoms with Gasteiger partial charge in [-0.15, -0.1) is 11.3 Å². The average molecular weight is 509 g/mol. The van der Waals surface area contributed by atoms with Crippen molar-refractivity contribution in [2.75, 3.05) is 33.9 Å². The quantitative estimate of drug-likeness (QED) is 0.415. The minimum absolute atomic E-state index is 0.00232. The molecule has 1 atom stereocenters. The van der Waals surface area contributed by atoms with E-state index in [-0.39, 0.29) is 30.4 Å². The van der Waals surface area contributed by atoms with Gasteiger partial charge in [0.2, 0.25) is 5.91 Å². The predicted octanol–water partition coefficient (Wildman–Crippen LogP) is 4.82. The summed E-state index contributed by atoms with van der Waals surface area (Å²) in [5.74, 6) is 1.80. The van der Waals surface area contributed by atoms with Gasteiger partial charge in [0.05, 0.1) is 20.3 Å². The SMILES string of the molecule is COc1ccc(C(=O)N(CC(=O)N2CCc3sccc3[C@H]2COc2cccc(OC)c2)C(C)C)cc1. The lowest BCUT2D eigenvalue weighted by molar-refractivity contribution is -0.136. The van der Waals surface area contributed by atoms with Crippen LogP contribution in [0.1, 0.15) is 40.7 Å². The van der Waals surface area contributed by atoms with Crippen LogP contribution in [0.4, 0.5) is 0 Å². The van der Waals surface area contributed by atoms with Crippen molar-refractivity contribution in [2.45, 2.75) is 32.4 Å². The maximum Gasteiger partial charge on any atom is 0.254 e. The second-order valence-corrected chi connectivity index (χ2v) is 9.90. The topological polar surface area (TPSA) is 68.3 Å². The number of ether oxygens (including phenoxy) is 3. The minimum atomic E-state index is -0.233. The third-order valence-corrected chi connectivity index (χ3v) is 7.39. The number of benzene rings is 2. The average Bonchev–Trinajstić information content (AvgIpc) is 3.39. The van der Waals surface area contributed by atoms with Gasteiger partial charge in [-0.1, -0.05) is 6.07 Å². The van der Waals surface area contributed by atoms with Crippen LogP contribution in [0.3, 0.4) is 0 Å². The fourth-order valence-corrected chi connectivity index (χ4v) is 5.29. The number of rotatable bonds is 9. The molecule has 190 valence electrons. The van der Waals surface area contributed by atoms with Gasteiger partial charge in [-0.2, -0.15) is 0 Å². The van der Waals surface area contributed by atoms with Crippen LogP contribution in [0.25, 0.3) is 0 Å². The third-order valence-electron chi connectivity index (χ3n) is 6.39. The Morgan fingerprint density at radius 2 is 1.75 bits per heavy atom. The van der Waals surface area contributed by atoms with Gasteiger partial charge in [0.15, 0.2) is 0 Å². The standard InChI is InChI=1S/C28H32N2O5S/c1-19(2)30(28(32)20-8-10-21(33-3)11-9-20)17-27(31)29-14-12-26-24(13-15-36-26)25(29)18-35-23-7-5-6-22(16-23)34-4/h5-11,13,15-16,19,25H,12,14,17-18H2,1-4H3/t25-/m1/s1. The second-order valence-electron chi connectivity index (χ2n) is 8.90. The maximum absolute atomic E-state index is 13.6. The summed E-state index contributed by atoms with van der Waals surface area (Å²) < 4.78 is 16.6. The predicted molar refractivity (Wildman–Crippen MR) is 140 cm³/mol. The number of nitrogens with zero attached hydrogens (tertiary/aromatic N) is 2. The molecule has 8 heteroatoms. The van der Waals surface area contributed by atoms with E-state index in [0.29, 0.717) is 36.0 Å². The number of thiophene rings is 1. The Morgan fingerprint density at radius 1 is 1.03 bits per heavy atom. The Hall–Kier alpha value is -3.52. The monoisotopic (exact) mass is 508 g/mol. The summed E-state index contributed by atoms with van der Waals surface area (Å²) in [5.41, 5.74) is 1.63. The summed E-state index contributed by atoms with van der Waals surface area (Å²) in [7, 11) is 3.20. The van der Waals surface area contributed by atoms with E-state index in [2.05, 4.69) is 11.4 Å². The van der Waals surface area contributed by atoms with Gasteiger partial charge >= 0.3 is 0 Å². The van der Waals surface area contributed by atoms with Crippen LogP contribution in [-0.4, -0.2) is 61.6 Å². The third kappa shape index (κ3) is 5.65. The van der Waals surface area contributed by atoms with Crippen LogP contribution < -0.4 is 14.2 Å². The fourth-order valence-electron chi connectivity index (χ4n) is 4.37. The van der Waals surface area contributed by atoms with Crippen molar-refractivity contribution in [1.82, 2.24) is 9.80 Å². The van der Waals surface area contributed by atoms with Gasteiger partial charge in [-0.3, -0.25) is 9.59 Å². The van der Waals surface area contributed by atoms with Crippen molar-refractivity contribution >= 4 is 23.2 Å². The molecule has 7 nitrogen and oxygen atoms in total. The van der Waals surface area contributed by atoms with Crippen molar-refractivity contribution in [2.24, 2.45) is 0 Å². The first kappa shape index (κ1) is 25.6. The van der Waals surface area contributed by atoms with Crippen LogP contribution in [-0.2, 0) is 11.2 Å². The fraction of sp³-hybridized carbons (Fsp3) is 0.357. The molecule has 1 aromatic heterocycles. The molecule has 2 aromatic carbocycles. The Balaban J connectivity index is 1.52. The Bertz CT molecular complexity index is 1190. The zero-order chi connectivity index (χ0) is 25.7. The van der Waals surface area contributed by atoms with Gasteiger partial charge in [-0.25, -0.2) is 0 Å². The normalized spacial score (nSPS) is 14.8. The first-order valence-corrected chi connectivity index (χ1v) is 12.9. The molecular formula is C28H32N2O5S. The minimum Gasteiger partial charge on any atom is -0.497 e. The summed E-state index contributed by atoms with van der Waals surface area (Å²) in [4.78, 5) is 31.7. The smallest absolute Gasteiger partial charge is 0.254 e. The first-order valence-electron chi connectivity index (χ1n) is 12.0. The molecule has 1 aliphatic heterocycles. The van der Waals surface area contributed by atoms with Crippen molar-refractivity contribution < 1.29 is 23.8 Å². The number of methoxy groups -OCH3 is 2. The molecule has 0 bridgehead atoms. The molecule has 0 fully saturated rings. The molecule has 0 unspecified atom stereocenters. The highest BCUT2D eigenvalue weighted by Gasteiger charge is 2.34. The van der Waals surface area contributed by atoms with Gasteiger partial charge in [0, 0.05) is 29.1 Å². The first-order chi connectivity index (χ1) is 17.4. The second kappa shape index (κ2) is 11.5. The van der Waals surface area contributed by atoms with E-state index in [1.807, 2.05) is 43.0 Å². The van der Waals surface area contributed by atoms with Gasteiger partial charge < -0.3 is 24.0 Å². The largest absolute Gasteiger partial charge is 0.497 e. The molecule has 0 aliphatic carbocycles. The Morgan fingerprint density at radius 3 is 2.44 bits per heavy atom. The summed E-state index contributed by atoms with van der Waals surface area (Å²) >= 11 is 1.71. The lowest BCUT2D eigenvalue weighted by Gasteiger charge is -2.37. The molecule has 2 amide bonds. The van der Waals surface area contributed by atoms with Gasteiger partial charge in [0.25, 0.3) is 5.91 Å². The van der Waals surface area contributed by atoms with E-state index in [0.717, 1.165) is 12.0 Å².